The van der Waals surface area contributed by atoms with E-state index in [-0.39, 0.29) is 5.91 Å². The summed E-state index contributed by atoms with van der Waals surface area (Å²) in [5.74, 6) is 0.641. The molecule has 2 aromatic heterocycles. The van der Waals surface area contributed by atoms with Gasteiger partial charge in [-0.05, 0) is 41.0 Å². The number of para-hydroxylation sites is 1. The number of benzene rings is 2. The molecular weight excluding hydrogens is 374 g/mol. The van der Waals surface area contributed by atoms with Gasteiger partial charge in [-0.3, -0.25) is 9.78 Å². The number of pyridine rings is 2. The molecular formula is C25H21N3O2. The lowest BCUT2D eigenvalue weighted by molar-refractivity contribution is 0.0780. The Morgan fingerprint density at radius 1 is 1.00 bits per heavy atom. The van der Waals surface area contributed by atoms with Gasteiger partial charge in [-0.1, -0.05) is 36.4 Å². The molecule has 1 amide bonds. The minimum atomic E-state index is 0.0775. The molecule has 0 unspecified atom stereocenters. The van der Waals surface area contributed by atoms with Crippen LogP contribution in [-0.4, -0.2) is 34.4 Å². The van der Waals surface area contributed by atoms with Crippen LogP contribution in [0.4, 0.5) is 0 Å². The maximum Gasteiger partial charge on any atom is 0.254 e. The number of ether oxygens (including phenoxy) is 1. The van der Waals surface area contributed by atoms with Crippen LogP contribution in [-0.2, 0) is 13.0 Å². The van der Waals surface area contributed by atoms with E-state index in [9.17, 15) is 4.79 Å². The van der Waals surface area contributed by atoms with Crippen LogP contribution < -0.4 is 4.74 Å². The standard InChI is InChI=1S/C25H21N3O2/c1-30-24-15-18(11-13-26-24)20-6-4-7-21-22(20)16-28(25(21)29)14-12-19-10-9-17-5-2-3-8-23(17)27-19/h2-11,13,15H,12,14,16H2,1H3. The van der Waals surface area contributed by atoms with Gasteiger partial charge in [0.15, 0.2) is 0 Å². The van der Waals surface area contributed by atoms with Crippen molar-refractivity contribution in [2.45, 2.75) is 13.0 Å². The zero-order valence-corrected chi connectivity index (χ0v) is 16.7. The minimum absolute atomic E-state index is 0.0775. The van der Waals surface area contributed by atoms with Crippen molar-refractivity contribution in [3.05, 3.63) is 89.7 Å². The van der Waals surface area contributed by atoms with Crippen molar-refractivity contribution in [2.75, 3.05) is 13.7 Å². The molecule has 2 aromatic carbocycles. The first kappa shape index (κ1) is 18.3. The van der Waals surface area contributed by atoms with Gasteiger partial charge in [-0.15, -0.1) is 0 Å². The second kappa shape index (κ2) is 7.59. The van der Waals surface area contributed by atoms with E-state index in [1.165, 1.54) is 0 Å². The van der Waals surface area contributed by atoms with E-state index in [2.05, 4.69) is 23.2 Å². The van der Waals surface area contributed by atoms with Crippen LogP contribution in [0.5, 0.6) is 5.88 Å². The third kappa shape index (κ3) is 3.28. The van der Waals surface area contributed by atoms with Gasteiger partial charge < -0.3 is 9.64 Å². The molecule has 5 rings (SSSR count). The molecule has 4 aromatic rings. The normalized spacial score (nSPS) is 13.0. The van der Waals surface area contributed by atoms with Crippen molar-refractivity contribution in [3.8, 4) is 17.0 Å². The van der Waals surface area contributed by atoms with Gasteiger partial charge in [-0.25, -0.2) is 4.98 Å². The Morgan fingerprint density at radius 3 is 2.77 bits per heavy atom. The fraction of sp³-hybridized carbons (Fsp3) is 0.160. The fourth-order valence-electron chi connectivity index (χ4n) is 4.03. The average Bonchev–Trinajstić information content (AvgIpc) is 3.13. The molecule has 5 heteroatoms. The Hall–Kier alpha value is -3.73. The summed E-state index contributed by atoms with van der Waals surface area (Å²) in [4.78, 5) is 23.8. The highest BCUT2D eigenvalue weighted by Crippen LogP contribution is 2.33. The van der Waals surface area contributed by atoms with Crippen LogP contribution in [0.1, 0.15) is 21.6 Å². The largest absolute Gasteiger partial charge is 0.481 e. The second-order valence-corrected chi connectivity index (χ2v) is 7.39. The molecule has 0 aliphatic carbocycles. The number of carbonyl (C=O) groups excluding carboxylic acids is 1. The molecule has 1 aliphatic heterocycles. The van der Waals surface area contributed by atoms with Crippen LogP contribution >= 0.6 is 0 Å². The molecule has 0 atom stereocenters. The van der Waals surface area contributed by atoms with Crippen molar-refractivity contribution in [1.29, 1.82) is 0 Å². The van der Waals surface area contributed by atoms with E-state index in [1.807, 2.05) is 53.4 Å². The smallest absolute Gasteiger partial charge is 0.254 e. The second-order valence-electron chi connectivity index (χ2n) is 7.39. The summed E-state index contributed by atoms with van der Waals surface area (Å²) in [6.07, 6.45) is 2.45. The highest BCUT2D eigenvalue weighted by molar-refractivity contribution is 6.00. The van der Waals surface area contributed by atoms with Crippen molar-refractivity contribution in [1.82, 2.24) is 14.9 Å². The summed E-state index contributed by atoms with van der Waals surface area (Å²) in [7, 11) is 1.60. The quantitative estimate of drug-likeness (QED) is 0.499. The van der Waals surface area contributed by atoms with Crippen molar-refractivity contribution in [2.24, 2.45) is 0 Å². The van der Waals surface area contributed by atoms with E-state index >= 15 is 0 Å². The Labute approximate surface area is 175 Å². The molecule has 30 heavy (non-hydrogen) atoms. The van der Waals surface area contributed by atoms with Gasteiger partial charge in [0.05, 0.1) is 12.6 Å². The number of methoxy groups -OCH3 is 1. The number of hydrogen-bond donors (Lipinski definition) is 0. The number of rotatable bonds is 5. The zero-order chi connectivity index (χ0) is 20.5. The molecule has 0 spiro atoms. The van der Waals surface area contributed by atoms with Gasteiger partial charge in [0.1, 0.15) is 0 Å². The van der Waals surface area contributed by atoms with E-state index in [4.69, 9.17) is 9.72 Å². The summed E-state index contributed by atoms with van der Waals surface area (Å²) in [6.45, 7) is 1.24. The van der Waals surface area contributed by atoms with Gasteiger partial charge in [-0.2, -0.15) is 0 Å². The fourth-order valence-corrected chi connectivity index (χ4v) is 4.03. The average molecular weight is 395 g/mol. The maximum absolute atomic E-state index is 13.0. The van der Waals surface area contributed by atoms with E-state index in [1.54, 1.807) is 13.3 Å². The third-order valence-electron chi connectivity index (χ3n) is 5.59. The number of hydrogen-bond acceptors (Lipinski definition) is 4. The molecule has 148 valence electrons. The maximum atomic E-state index is 13.0. The molecule has 5 nitrogen and oxygen atoms in total. The topological polar surface area (TPSA) is 55.3 Å². The molecule has 1 aliphatic rings. The lowest BCUT2D eigenvalue weighted by atomic mass is 9.98. The predicted molar refractivity (Wildman–Crippen MR) is 116 cm³/mol. The molecule has 3 heterocycles. The monoisotopic (exact) mass is 395 g/mol. The van der Waals surface area contributed by atoms with E-state index in [0.717, 1.165) is 45.3 Å². The lowest BCUT2D eigenvalue weighted by Crippen LogP contribution is -2.26. The summed E-state index contributed by atoms with van der Waals surface area (Å²) in [5, 5.41) is 1.13. The minimum Gasteiger partial charge on any atom is -0.481 e. The molecule has 0 bridgehead atoms. The van der Waals surface area contributed by atoms with Crippen molar-refractivity contribution < 1.29 is 9.53 Å². The lowest BCUT2D eigenvalue weighted by Gasteiger charge is -2.15. The Morgan fingerprint density at radius 2 is 1.87 bits per heavy atom. The number of aromatic nitrogens is 2. The molecule has 0 saturated carbocycles. The summed E-state index contributed by atoms with van der Waals surface area (Å²) >= 11 is 0. The molecule has 0 radical (unpaired) electrons. The third-order valence-corrected chi connectivity index (χ3v) is 5.59. The summed E-state index contributed by atoms with van der Waals surface area (Å²) in [5.41, 5.74) is 5.87. The Kier molecular flexibility index (Phi) is 4.64. The Bertz CT molecular complexity index is 1250. The van der Waals surface area contributed by atoms with Gasteiger partial charge in [0.2, 0.25) is 5.88 Å². The van der Waals surface area contributed by atoms with E-state index < -0.39 is 0 Å². The number of carbonyl (C=O) groups is 1. The molecule has 0 saturated heterocycles. The first-order valence-corrected chi connectivity index (χ1v) is 9.99. The van der Waals surface area contributed by atoms with Gasteiger partial charge >= 0.3 is 0 Å². The van der Waals surface area contributed by atoms with Gasteiger partial charge in [0, 0.05) is 48.4 Å². The number of nitrogens with zero attached hydrogens (tertiary/aromatic N) is 3. The van der Waals surface area contributed by atoms with Crippen LogP contribution in [0.15, 0.2) is 72.9 Å². The van der Waals surface area contributed by atoms with Crippen LogP contribution in [0.25, 0.3) is 22.0 Å². The summed E-state index contributed by atoms with van der Waals surface area (Å²) < 4.78 is 5.26. The van der Waals surface area contributed by atoms with Crippen LogP contribution in [0, 0.1) is 0 Å². The highest BCUT2D eigenvalue weighted by atomic mass is 16.5. The predicted octanol–water partition coefficient (Wildman–Crippen LogP) is 4.50. The SMILES string of the molecule is COc1cc(-c2cccc3c2CN(CCc2ccc4ccccc4n2)C3=O)ccn1. The number of fused-ring (bicyclic) bond motifs is 2. The highest BCUT2D eigenvalue weighted by Gasteiger charge is 2.29. The molecule has 0 fully saturated rings. The first-order chi connectivity index (χ1) is 14.7. The zero-order valence-electron chi connectivity index (χ0n) is 16.7. The van der Waals surface area contributed by atoms with Crippen LogP contribution in [0.3, 0.4) is 0 Å². The Balaban J connectivity index is 1.38. The van der Waals surface area contributed by atoms with Crippen LogP contribution in [0.2, 0.25) is 0 Å². The van der Waals surface area contributed by atoms with Crippen molar-refractivity contribution in [3.63, 3.8) is 0 Å². The summed E-state index contributed by atoms with van der Waals surface area (Å²) in [6, 6.07) is 22.0. The molecule has 0 N–H and O–H groups in total. The van der Waals surface area contributed by atoms with E-state index in [0.29, 0.717) is 19.0 Å². The van der Waals surface area contributed by atoms with Gasteiger partial charge in [0.25, 0.3) is 5.91 Å². The van der Waals surface area contributed by atoms with Crippen molar-refractivity contribution >= 4 is 16.8 Å². The first-order valence-electron chi connectivity index (χ1n) is 9.99. The number of amides is 1.